The number of carboxylic acids is 1. The van der Waals surface area contributed by atoms with Crippen LogP contribution >= 0.6 is 12.4 Å². The van der Waals surface area contributed by atoms with E-state index in [0.29, 0.717) is 6.42 Å². The van der Waals surface area contributed by atoms with Gasteiger partial charge in [0.1, 0.15) is 0 Å². The minimum absolute atomic E-state index is 0. The topological polar surface area (TPSA) is 43.8 Å². The van der Waals surface area contributed by atoms with Crippen molar-refractivity contribution in [2.45, 2.75) is 12.8 Å². The summed E-state index contributed by atoms with van der Waals surface area (Å²) in [7, 11) is 2.12. The summed E-state index contributed by atoms with van der Waals surface area (Å²) >= 11 is 0. The molecule has 0 aromatic rings. The molecule has 1 saturated heterocycles. The maximum Gasteiger partial charge on any atom is 0.303 e. The first-order valence-electron chi connectivity index (χ1n) is 4.81. The molecule has 1 heterocycles. The molecular formula is C9H19ClN2O2. The molecule has 0 spiro atoms. The van der Waals surface area contributed by atoms with Crippen molar-refractivity contribution in [1.82, 2.24) is 9.80 Å². The van der Waals surface area contributed by atoms with Crippen molar-refractivity contribution in [3.05, 3.63) is 0 Å². The summed E-state index contributed by atoms with van der Waals surface area (Å²) in [4.78, 5) is 14.9. The molecule has 0 aliphatic carbocycles. The highest BCUT2D eigenvalue weighted by molar-refractivity contribution is 5.85. The molecule has 1 aliphatic heterocycles. The van der Waals surface area contributed by atoms with Crippen LogP contribution < -0.4 is 0 Å². The first kappa shape index (κ1) is 13.7. The Hall–Kier alpha value is -0.320. The van der Waals surface area contributed by atoms with E-state index in [9.17, 15) is 4.79 Å². The Kier molecular flexibility index (Phi) is 6.87. The number of hydrogen-bond acceptors (Lipinski definition) is 3. The molecule has 0 saturated carbocycles. The van der Waals surface area contributed by atoms with Crippen molar-refractivity contribution >= 4 is 18.4 Å². The SMILES string of the molecule is CN1CCN(CCCC(=O)O)CC1.Cl. The summed E-state index contributed by atoms with van der Waals surface area (Å²) < 4.78 is 0. The van der Waals surface area contributed by atoms with Gasteiger partial charge in [-0.1, -0.05) is 0 Å². The van der Waals surface area contributed by atoms with E-state index in [-0.39, 0.29) is 12.4 Å². The fourth-order valence-corrected chi connectivity index (χ4v) is 1.53. The second-order valence-electron chi connectivity index (χ2n) is 3.64. The molecule has 0 amide bonds. The van der Waals surface area contributed by atoms with Crippen molar-refractivity contribution in [3.63, 3.8) is 0 Å². The molecule has 0 radical (unpaired) electrons. The lowest BCUT2D eigenvalue weighted by atomic mass is 10.2. The zero-order valence-electron chi connectivity index (χ0n) is 8.61. The number of hydrogen-bond donors (Lipinski definition) is 1. The van der Waals surface area contributed by atoms with Crippen molar-refractivity contribution in [3.8, 4) is 0 Å². The van der Waals surface area contributed by atoms with Gasteiger partial charge in [-0.3, -0.25) is 4.79 Å². The van der Waals surface area contributed by atoms with E-state index in [0.717, 1.165) is 39.1 Å². The van der Waals surface area contributed by atoms with Crippen molar-refractivity contribution in [1.29, 1.82) is 0 Å². The summed E-state index contributed by atoms with van der Waals surface area (Å²) in [5, 5.41) is 8.46. The van der Waals surface area contributed by atoms with Crippen molar-refractivity contribution in [2.24, 2.45) is 0 Å². The van der Waals surface area contributed by atoms with E-state index in [2.05, 4.69) is 16.8 Å². The van der Waals surface area contributed by atoms with Crippen LogP contribution in [0.15, 0.2) is 0 Å². The Labute approximate surface area is 91.3 Å². The van der Waals surface area contributed by atoms with E-state index in [4.69, 9.17) is 5.11 Å². The fraction of sp³-hybridized carbons (Fsp3) is 0.889. The predicted octanol–water partition coefficient (Wildman–Crippen LogP) is 0.520. The van der Waals surface area contributed by atoms with E-state index in [1.54, 1.807) is 0 Å². The lowest BCUT2D eigenvalue weighted by molar-refractivity contribution is -0.137. The standard InChI is InChI=1S/C9H18N2O2.ClH/c1-10-5-7-11(8-6-10)4-2-3-9(12)13;/h2-8H2,1H3,(H,12,13);1H. The van der Waals surface area contributed by atoms with E-state index in [1.807, 2.05) is 0 Å². The van der Waals surface area contributed by atoms with Gasteiger partial charge in [0, 0.05) is 32.6 Å². The average molecular weight is 223 g/mol. The Balaban J connectivity index is 0.00000169. The third kappa shape index (κ3) is 5.42. The van der Waals surface area contributed by atoms with Gasteiger partial charge in [0.25, 0.3) is 0 Å². The second-order valence-corrected chi connectivity index (χ2v) is 3.64. The summed E-state index contributed by atoms with van der Waals surface area (Å²) in [6.07, 6.45) is 1.07. The molecule has 5 heteroatoms. The highest BCUT2D eigenvalue weighted by Gasteiger charge is 2.12. The van der Waals surface area contributed by atoms with Gasteiger partial charge in [-0.2, -0.15) is 0 Å². The molecule has 84 valence electrons. The lowest BCUT2D eigenvalue weighted by Gasteiger charge is -2.32. The van der Waals surface area contributed by atoms with Crippen LogP contribution in [0.3, 0.4) is 0 Å². The van der Waals surface area contributed by atoms with E-state index >= 15 is 0 Å². The number of carboxylic acid groups (broad SMARTS) is 1. The van der Waals surface area contributed by atoms with Crippen LogP contribution in [0, 0.1) is 0 Å². The van der Waals surface area contributed by atoms with Crippen LogP contribution in [0.4, 0.5) is 0 Å². The molecule has 0 aromatic carbocycles. The molecule has 0 unspecified atom stereocenters. The summed E-state index contributed by atoms with van der Waals surface area (Å²) in [5.41, 5.74) is 0. The smallest absolute Gasteiger partial charge is 0.303 e. The first-order valence-corrected chi connectivity index (χ1v) is 4.81. The summed E-state index contributed by atoms with van der Waals surface area (Å²) in [6, 6.07) is 0. The number of carbonyl (C=O) groups is 1. The number of piperazine rings is 1. The maximum absolute atomic E-state index is 10.3. The molecule has 1 N–H and O–H groups in total. The summed E-state index contributed by atoms with van der Waals surface area (Å²) in [5.74, 6) is -0.686. The summed E-state index contributed by atoms with van der Waals surface area (Å²) in [6.45, 7) is 5.30. The molecular weight excluding hydrogens is 204 g/mol. The van der Waals surface area contributed by atoms with Crippen LogP contribution in [0.25, 0.3) is 0 Å². The van der Waals surface area contributed by atoms with Crippen LogP contribution in [-0.2, 0) is 4.79 Å². The van der Waals surface area contributed by atoms with Gasteiger partial charge >= 0.3 is 5.97 Å². The van der Waals surface area contributed by atoms with Crippen molar-refractivity contribution in [2.75, 3.05) is 39.8 Å². The van der Waals surface area contributed by atoms with Crippen LogP contribution in [0.2, 0.25) is 0 Å². The molecule has 1 rings (SSSR count). The van der Waals surface area contributed by atoms with Gasteiger partial charge in [0.15, 0.2) is 0 Å². The lowest BCUT2D eigenvalue weighted by Crippen LogP contribution is -2.44. The number of halogens is 1. The Bertz CT molecular complexity index is 170. The average Bonchev–Trinajstić information content (AvgIpc) is 2.08. The zero-order chi connectivity index (χ0) is 9.68. The highest BCUT2D eigenvalue weighted by atomic mass is 35.5. The third-order valence-corrected chi connectivity index (χ3v) is 2.46. The molecule has 1 fully saturated rings. The van der Waals surface area contributed by atoms with Gasteiger partial charge < -0.3 is 14.9 Å². The number of likely N-dealkylation sites (N-methyl/N-ethyl adjacent to an activating group) is 1. The van der Waals surface area contributed by atoms with E-state index < -0.39 is 5.97 Å². The molecule has 4 nitrogen and oxygen atoms in total. The molecule has 14 heavy (non-hydrogen) atoms. The van der Waals surface area contributed by atoms with Gasteiger partial charge in [-0.25, -0.2) is 0 Å². The Morgan fingerprint density at radius 3 is 2.36 bits per heavy atom. The van der Waals surface area contributed by atoms with Crippen LogP contribution in [0.1, 0.15) is 12.8 Å². The Morgan fingerprint density at radius 1 is 1.29 bits per heavy atom. The van der Waals surface area contributed by atoms with Crippen LogP contribution in [0.5, 0.6) is 0 Å². The number of rotatable bonds is 4. The molecule has 0 atom stereocenters. The third-order valence-electron chi connectivity index (χ3n) is 2.46. The number of nitrogens with zero attached hydrogens (tertiary/aromatic N) is 2. The minimum Gasteiger partial charge on any atom is -0.481 e. The molecule has 0 aromatic heterocycles. The van der Waals surface area contributed by atoms with Gasteiger partial charge in [-0.15, -0.1) is 12.4 Å². The monoisotopic (exact) mass is 222 g/mol. The normalized spacial score (nSPS) is 18.9. The van der Waals surface area contributed by atoms with Gasteiger partial charge in [-0.05, 0) is 20.0 Å². The first-order chi connectivity index (χ1) is 6.18. The molecule has 0 bridgehead atoms. The largest absolute Gasteiger partial charge is 0.481 e. The van der Waals surface area contributed by atoms with Gasteiger partial charge in [0.05, 0.1) is 0 Å². The van der Waals surface area contributed by atoms with Gasteiger partial charge in [0.2, 0.25) is 0 Å². The van der Waals surface area contributed by atoms with Crippen molar-refractivity contribution < 1.29 is 9.90 Å². The minimum atomic E-state index is -0.686. The zero-order valence-corrected chi connectivity index (χ0v) is 9.42. The Morgan fingerprint density at radius 2 is 1.86 bits per heavy atom. The highest BCUT2D eigenvalue weighted by Crippen LogP contribution is 2.01. The van der Waals surface area contributed by atoms with Crippen LogP contribution in [-0.4, -0.2) is 60.6 Å². The maximum atomic E-state index is 10.3. The second kappa shape index (κ2) is 7.04. The number of aliphatic carboxylic acids is 1. The van der Waals surface area contributed by atoms with E-state index in [1.165, 1.54) is 0 Å². The fourth-order valence-electron chi connectivity index (χ4n) is 1.53. The molecule has 1 aliphatic rings. The quantitative estimate of drug-likeness (QED) is 0.754. The predicted molar refractivity (Wildman–Crippen MR) is 58.1 cm³/mol.